The third-order valence-corrected chi connectivity index (χ3v) is 3.57. The van der Waals surface area contributed by atoms with Crippen LogP contribution in [-0.4, -0.2) is 40.1 Å². The summed E-state index contributed by atoms with van der Waals surface area (Å²) in [5, 5.41) is 11.9. The molecule has 0 aromatic carbocycles. The van der Waals surface area contributed by atoms with E-state index >= 15 is 0 Å². The summed E-state index contributed by atoms with van der Waals surface area (Å²) in [5.41, 5.74) is 5.92. The van der Waals surface area contributed by atoms with Crippen LogP contribution < -0.4 is 5.73 Å². The minimum Gasteiger partial charge on any atom is -0.393 e. The maximum absolute atomic E-state index is 12.0. The van der Waals surface area contributed by atoms with Crippen LogP contribution in [0.1, 0.15) is 28.3 Å². The van der Waals surface area contributed by atoms with Crippen LogP contribution in [0.5, 0.6) is 0 Å². The van der Waals surface area contributed by atoms with Gasteiger partial charge in [0.05, 0.1) is 6.10 Å². The number of aliphatic hydroxyl groups is 1. The van der Waals surface area contributed by atoms with Gasteiger partial charge in [-0.25, -0.2) is 4.98 Å². The molecule has 1 fully saturated rings. The molecule has 0 aliphatic carbocycles. The summed E-state index contributed by atoms with van der Waals surface area (Å²) < 4.78 is 0. The van der Waals surface area contributed by atoms with E-state index in [0.717, 1.165) is 5.01 Å². The van der Waals surface area contributed by atoms with Gasteiger partial charge in [0.1, 0.15) is 10.7 Å². The number of aliphatic hydroxyl groups excluding tert-OH is 1. The van der Waals surface area contributed by atoms with Gasteiger partial charge >= 0.3 is 0 Å². The van der Waals surface area contributed by atoms with Gasteiger partial charge in [-0.1, -0.05) is 0 Å². The predicted octanol–water partition coefficient (Wildman–Crippen LogP) is 0.199. The predicted molar refractivity (Wildman–Crippen MR) is 61.1 cm³/mol. The SMILES string of the molecule is NCc1nc(C(=O)N2CCC(O)CC2)cs1. The van der Waals surface area contributed by atoms with Gasteiger partial charge in [0, 0.05) is 25.0 Å². The lowest BCUT2D eigenvalue weighted by atomic mass is 10.1. The van der Waals surface area contributed by atoms with Crippen LogP contribution in [-0.2, 0) is 6.54 Å². The highest BCUT2D eigenvalue weighted by atomic mass is 32.1. The molecular weight excluding hydrogens is 226 g/mol. The fourth-order valence-corrected chi connectivity index (χ4v) is 2.38. The van der Waals surface area contributed by atoms with E-state index in [-0.39, 0.29) is 12.0 Å². The number of hydrogen-bond donors (Lipinski definition) is 2. The Hall–Kier alpha value is -0.980. The quantitative estimate of drug-likeness (QED) is 0.775. The lowest BCUT2D eigenvalue weighted by molar-refractivity contribution is 0.0542. The maximum Gasteiger partial charge on any atom is 0.273 e. The molecule has 1 aliphatic heterocycles. The largest absolute Gasteiger partial charge is 0.393 e. The summed E-state index contributed by atoms with van der Waals surface area (Å²) in [7, 11) is 0. The van der Waals surface area contributed by atoms with Crippen LogP contribution in [0.2, 0.25) is 0 Å². The fraction of sp³-hybridized carbons (Fsp3) is 0.600. The van der Waals surface area contributed by atoms with E-state index in [1.807, 2.05) is 0 Å². The summed E-state index contributed by atoms with van der Waals surface area (Å²) in [5.74, 6) is -0.0529. The highest BCUT2D eigenvalue weighted by molar-refractivity contribution is 7.09. The monoisotopic (exact) mass is 241 g/mol. The Morgan fingerprint density at radius 3 is 2.88 bits per heavy atom. The molecule has 0 saturated carbocycles. The first-order chi connectivity index (χ1) is 7.70. The van der Waals surface area contributed by atoms with Crippen LogP contribution in [0.4, 0.5) is 0 Å². The van der Waals surface area contributed by atoms with E-state index in [1.165, 1.54) is 11.3 Å². The molecule has 88 valence electrons. The summed E-state index contributed by atoms with van der Waals surface area (Å²) in [6.45, 7) is 1.58. The third kappa shape index (κ3) is 2.40. The first-order valence-electron chi connectivity index (χ1n) is 5.32. The van der Waals surface area contributed by atoms with E-state index in [0.29, 0.717) is 38.2 Å². The van der Waals surface area contributed by atoms with Gasteiger partial charge in [0.25, 0.3) is 5.91 Å². The van der Waals surface area contributed by atoms with E-state index in [9.17, 15) is 9.90 Å². The van der Waals surface area contributed by atoms with Crippen molar-refractivity contribution in [3.63, 3.8) is 0 Å². The van der Waals surface area contributed by atoms with Crippen molar-refractivity contribution in [3.05, 3.63) is 16.1 Å². The molecule has 0 spiro atoms. The van der Waals surface area contributed by atoms with Crippen LogP contribution in [0.25, 0.3) is 0 Å². The number of hydrogen-bond acceptors (Lipinski definition) is 5. The number of thiazole rings is 1. The molecule has 1 aliphatic rings. The molecule has 6 heteroatoms. The molecule has 1 aromatic heterocycles. The number of nitrogens with zero attached hydrogens (tertiary/aromatic N) is 2. The minimum atomic E-state index is -0.265. The molecular formula is C10H15N3O2S. The average molecular weight is 241 g/mol. The summed E-state index contributed by atoms with van der Waals surface area (Å²) in [4.78, 5) is 17.9. The van der Waals surface area contributed by atoms with Gasteiger partial charge in [-0.3, -0.25) is 4.79 Å². The highest BCUT2D eigenvalue weighted by Crippen LogP contribution is 2.15. The second kappa shape index (κ2) is 4.90. The van der Waals surface area contributed by atoms with Crippen molar-refractivity contribution in [1.82, 2.24) is 9.88 Å². The van der Waals surface area contributed by atoms with E-state index in [2.05, 4.69) is 4.98 Å². The molecule has 1 amide bonds. The molecule has 0 atom stereocenters. The zero-order valence-electron chi connectivity index (χ0n) is 8.93. The summed E-state index contributed by atoms with van der Waals surface area (Å²) in [6, 6.07) is 0. The lowest BCUT2D eigenvalue weighted by Gasteiger charge is -2.28. The molecule has 0 radical (unpaired) electrons. The first kappa shape index (κ1) is 11.5. The van der Waals surface area contributed by atoms with Crippen molar-refractivity contribution in [3.8, 4) is 0 Å². The van der Waals surface area contributed by atoms with Crippen LogP contribution >= 0.6 is 11.3 Å². The van der Waals surface area contributed by atoms with E-state index < -0.39 is 0 Å². The molecule has 3 N–H and O–H groups in total. The number of piperidine rings is 1. The molecule has 16 heavy (non-hydrogen) atoms. The van der Waals surface area contributed by atoms with E-state index in [4.69, 9.17) is 5.73 Å². The zero-order chi connectivity index (χ0) is 11.5. The first-order valence-corrected chi connectivity index (χ1v) is 6.20. The highest BCUT2D eigenvalue weighted by Gasteiger charge is 2.23. The Labute approximate surface area is 97.9 Å². The van der Waals surface area contributed by atoms with Crippen molar-refractivity contribution in [2.24, 2.45) is 5.73 Å². The standard InChI is InChI=1S/C10H15N3O2S/c11-5-9-12-8(6-16-9)10(15)13-3-1-7(14)2-4-13/h6-7,14H,1-5,11H2. The normalized spacial score (nSPS) is 17.8. The molecule has 1 saturated heterocycles. The average Bonchev–Trinajstić information content (AvgIpc) is 2.77. The van der Waals surface area contributed by atoms with Crippen molar-refractivity contribution < 1.29 is 9.90 Å². The maximum atomic E-state index is 12.0. The van der Waals surface area contributed by atoms with E-state index in [1.54, 1.807) is 10.3 Å². The van der Waals surface area contributed by atoms with Gasteiger partial charge in [-0.05, 0) is 12.8 Å². The molecule has 0 unspecified atom stereocenters. The van der Waals surface area contributed by atoms with Gasteiger partial charge in [-0.15, -0.1) is 11.3 Å². The number of nitrogens with two attached hydrogens (primary N) is 1. The summed E-state index contributed by atoms with van der Waals surface area (Å²) in [6.07, 6.45) is 1.04. The van der Waals surface area contributed by atoms with Crippen LogP contribution in [0.15, 0.2) is 5.38 Å². The minimum absolute atomic E-state index is 0.0529. The Morgan fingerprint density at radius 2 is 2.31 bits per heavy atom. The number of aromatic nitrogens is 1. The Balaban J connectivity index is 2.01. The van der Waals surface area contributed by atoms with Gasteiger partial charge in [-0.2, -0.15) is 0 Å². The Kier molecular flexibility index (Phi) is 3.52. The Bertz CT molecular complexity index is 372. The number of amides is 1. The molecule has 5 nitrogen and oxygen atoms in total. The smallest absolute Gasteiger partial charge is 0.273 e. The zero-order valence-corrected chi connectivity index (χ0v) is 9.74. The van der Waals surface area contributed by atoms with Gasteiger partial charge in [0.15, 0.2) is 0 Å². The number of carbonyl (C=O) groups excluding carboxylic acids is 1. The third-order valence-electron chi connectivity index (χ3n) is 2.70. The van der Waals surface area contributed by atoms with Crippen molar-refractivity contribution in [1.29, 1.82) is 0 Å². The van der Waals surface area contributed by atoms with Crippen LogP contribution in [0.3, 0.4) is 0 Å². The number of likely N-dealkylation sites (tertiary alicyclic amines) is 1. The fourth-order valence-electron chi connectivity index (χ4n) is 1.73. The topological polar surface area (TPSA) is 79.5 Å². The number of carbonyl (C=O) groups is 1. The summed E-state index contributed by atoms with van der Waals surface area (Å²) >= 11 is 1.41. The lowest BCUT2D eigenvalue weighted by Crippen LogP contribution is -2.40. The second-order valence-electron chi connectivity index (χ2n) is 3.85. The van der Waals surface area contributed by atoms with Crippen LogP contribution in [0, 0.1) is 0 Å². The van der Waals surface area contributed by atoms with Crippen molar-refractivity contribution in [2.75, 3.05) is 13.1 Å². The molecule has 0 bridgehead atoms. The second-order valence-corrected chi connectivity index (χ2v) is 4.80. The van der Waals surface area contributed by atoms with Gasteiger partial charge in [0.2, 0.25) is 0 Å². The molecule has 2 rings (SSSR count). The van der Waals surface area contributed by atoms with Crippen molar-refractivity contribution in [2.45, 2.75) is 25.5 Å². The van der Waals surface area contributed by atoms with Gasteiger partial charge < -0.3 is 15.7 Å². The Morgan fingerprint density at radius 1 is 1.62 bits per heavy atom. The molecule has 2 heterocycles. The molecule has 1 aromatic rings. The number of rotatable bonds is 2. The van der Waals surface area contributed by atoms with Crippen molar-refractivity contribution >= 4 is 17.2 Å².